The van der Waals surface area contributed by atoms with Crippen LogP contribution in [0.15, 0.2) is 15.2 Å². The first-order chi connectivity index (χ1) is 10.3. The number of rotatable bonds is 5. The molecule has 1 fully saturated rings. The van der Waals surface area contributed by atoms with Crippen LogP contribution in [-0.4, -0.2) is 35.7 Å². The molecule has 1 atom stereocenters. The fourth-order valence-electron chi connectivity index (χ4n) is 2.64. The number of ether oxygens (including phenoxy) is 1. The molecule has 0 aromatic carbocycles. The summed E-state index contributed by atoms with van der Waals surface area (Å²) in [5.74, 6) is 0. The summed E-state index contributed by atoms with van der Waals surface area (Å²) in [4.78, 5) is 14.1. The predicted octanol–water partition coefficient (Wildman–Crippen LogP) is 4.39. The Morgan fingerprint density at radius 3 is 2.95 bits per heavy atom. The van der Waals surface area contributed by atoms with Gasteiger partial charge < -0.3 is 15.0 Å². The average Bonchev–Trinajstić information content (AvgIpc) is 3.01. The largest absolute Gasteiger partial charge is 0.444 e. The van der Waals surface area contributed by atoms with E-state index in [2.05, 4.69) is 32.7 Å². The number of likely N-dealkylation sites (tertiary alicyclic amines) is 1. The molecular formula is C16H25BrN2O2S. The number of thiophene rings is 1. The van der Waals surface area contributed by atoms with E-state index < -0.39 is 5.60 Å². The summed E-state index contributed by atoms with van der Waals surface area (Å²) in [7, 11) is 0. The summed E-state index contributed by atoms with van der Waals surface area (Å²) in [6, 6.07) is 2.44. The molecule has 22 heavy (non-hydrogen) atoms. The van der Waals surface area contributed by atoms with Crippen LogP contribution in [0.2, 0.25) is 0 Å². The molecule has 1 amide bonds. The van der Waals surface area contributed by atoms with Gasteiger partial charge in [0.15, 0.2) is 0 Å². The highest BCUT2D eigenvalue weighted by molar-refractivity contribution is 9.11. The molecule has 1 unspecified atom stereocenters. The van der Waals surface area contributed by atoms with Crippen LogP contribution in [0, 0.1) is 0 Å². The van der Waals surface area contributed by atoms with Crippen molar-refractivity contribution in [3.63, 3.8) is 0 Å². The third kappa shape index (κ3) is 5.56. The number of amides is 1. The molecule has 1 aliphatic rings. The average molecular weight is 389 g/mol. The van der Waals surface area contributed by atoms with Crippen molar-refractivity contribution in [2.45, 2.75) is 58.2 Å². The van der Waals surface area contributed by atoms with Gasteiger partial charge >= 0.3 is 6.09 Å². The molecule has 2 rings (SSSR count). The Bertz CT molecular complexity index is 499. The summed E-state index contributed by atoms with van der Waals surface area (Å²) >= 11 is 5.18. The topological polar surface area (TPSA) is 41.6 Å². The van der Waals surface area contributed by atoms with Gasteiger partial charge in [0.25, 0.3) is 0 Å². The van der Waals surface area contributed by atoms with E-state index in [1.165, 1.54) is 5.56 Å². The lowest BCUT2D eigenvalue weighted by Gasteiger charge is -2.28. The van der Waals surface area contributed by atoms with Gasteiger partial charge in [0.1, 0.15) is 5.60 Å². The predicted molar refractivity (Wildman–Crippen MR) is 94.3 cm³/mol. The fraction of sp³-hybridized carbons (Fsp3) is 0.688. The number of carbonyl (C=O) groups is 1. The summed E-state index contributed by atoms with van der Waals surface area (Å²) in [6.07, 6.45) is 2.95. The summed E-state index contributed by atoms with van der Waals surface area (Å²) in [5, 5.41) is 5.61. The highest BCUT2D eigenvalue weighted by atomic mass is 79.9. The minimum absolute atomic E-state index is 0.170. The van der Waals surface area contributed by atoms with E-state index in [4.69, 9.17) is 4.74 Å². The lowest BCUT2D eigenvalue weighted by molar-refractivity contribution is 0.0221. The Morgan fingerprint density at radius 1 is 1.55 bits per heavy atom. The number of hydrogen-bond acceptors (Lipinski definition) is 4. The van der Waals surface area contributed by atoms with E-state index in [0.717, 1.165) is 42.7 Å². The van der Waals surface area contributed by atoms with Crippen LogP contribution in [0.5, 0.6) is 0 Å². The van der Waals surface area contributed by atoms with E-state index >= 15 is 0 Å². The molecule has 1 aromatic heterocycles. The lowest BCUT2D eigenvalue weighted by atomic mass is 10.1. The van der Waals surface area contributed by atoms with Crippen molar-refractivity contribution < 1.29 is 9.53 Å². The van der Waals surface area contributed by atoms with Crippen LogP contribution in [0.3, 0.4) is 0 Å². The first-order valence-corrected chi connectivity index (χ1v) is 9.46. The van der Waals surface area contributed by atoms with Crippen LogP contribution >= 0.6 is 27.3 Å². The lowest BCUT2D eigenvalue weighted by Crippen LogP contribution is -2.40. The van der Waals surface area contributed by atoms with Crippen molar-refractivity contribution >= 4 is 33.4 Å². The Morgan fingerprint density at radius 2 is 2.32 bits per heavy atom. The molecule has 0 aliphatic carbocycles. The zero-order chi connectivity index (χ0) is 16.2. The van der Waals surface area contributed by atoms with Crippen molar-refractivity contribution in [1.82, 2.24) is 10.2 Å². The van der Waals surface area contributed by atoms with E-state index in [1.807, 2.05) is 25.7 Å². The van der Waals surface area contributed by atoms with Crippen molar-refractivity contribution in [1.29, 1.82) is 0 Å². The van der Waals surface area contributed by atoms with Crippen molar-refractivity contribution in [2.75, 3.05) is 13.1 Å². The molecule has 0 bridgehead atoms. The van der Waals surface area contributed by atoms with Gasteiger partial charge in [-0.1, -0.05) is 0 Å². The van der Waals surface area contributed by atoms with Crippen molar-refractivity contribution in [3.8, 4) is 0 Å². The second kappa shape index (κ2) is 7.79. The molecule has 0 saturated carbocycles. The van der Waals surface area contributed by atoms with Crippen LogP contribution < -0.4 is 5.32 Å². The third-order valence-corrected chi connectivity index (χ3v) is 5.16. The Labute approximate surface area is 145 Å². The third-order valence-electron chi connectivity index (χ3n) is 3.61. The van der Waals surface area contributed by atoms with E-state index in [-0.39, 0.29) is 6.09 Å². The number of carbonyl (C=O) groups excluding carboxylic acids is 1. The number of nitrogens with one attached hydrogen (secondary N) is 1. The second-order valence-electron chi connectivity index (χ2n) is 6.69. The molecule has 124 valence electrons. The van der Waals surface area contributed by atoms with Crippen LogP contribution in [0.4, 0.5) is 4.79 Å². The zero-order valence-corrected chi connectivity index (χ0v) is 15.9. The van der Waals surface area contributed by atoms with Gasteiger partial charge in [-0.2, -0.15) is 0 Å². The molecular weight excluding hydrogens is 364 g/mol. The fourth-order valence-corrected chi connectivity index (χ4v) is 3.85. The molecule has 0 radical (unpaired) electrons. The summed E-state index contributed by atoms with van der Waals surface area (Å²) in [6.45, 7) is 8.35. The Balaban J connectivity index is 1.73. The van der Waals surface area contributed by atoms with Gasteiger partial charge in [-0.05, 0) is 79.5 Å². The maximum atomic E-state index is 12.2. The second-order valence-corrected chi connectivity index (χ2v) is 8.98. The molecule has 1 aromatic rings. The molecule has 6 heteroatoms. The summed E-state index contributed by atoms with van der Waals surface area (Å²) in [5.41, 5.74) is 0.877. The Hall–Kier alpha value is -0.590. The standard InChI is InChI=1S/C16H25BrN2O2S/c1-16(2,3)21-15(20)19-8-4-5-13(19)6-7-18-10-12-9-14(17)22-11-12/h9,11,13,18H,4-8,10H2,1-3H3. The van der Waals surface area contributed by atoms with Crippen LogP contribution in [-0.2, 0) is 11.3 Å². The van der Waals surface area contributed by atoms with Gasteiger partial charge in [-0.15, -0.1) is 11.3 Å². The monoisotopic (exact) mass is 388 g/mol. The molecule has 1 N–H and O–H groups in total. The quantitative estimate of drug-likeness (QED) is 0.760. The van der Waals surface area contributed by atoms with Gasteiger partial charge in [-0.3, -0.25) is 0 Å². The maximum absolute atomic E-state index is 12.2. The van der Waals surface area contributed by atoms with Crippen molar-refractivity contribution in [2.24, 2.45) is 0 Å². The van der Waals surface area contributed by atoms with E-state index in [1.54, 1.807) is 11.3 Å². The molecule has 2 heterocycles. The van der Waals surface area contributed by atoms with E-state index in [9.17, 15) is 4.79 Å². The maximum Gasteiger partial charge on any atom is 0.410 e. The van der Waals surface area contributed by atoms with Crippen LogP contribution in [0.1, 0.15) is 45.6 Å². The van der Waals surface area contributed by atoms with E-state index in [0.29, 0.717) is 6.04 Å². The molecule has 0 spiro atoms. The van der Waals surface area contributed by atoms with Gasteiger partial charge in [0.2, 0.25) is 0 Å². The van der Waals surface area contributed by atoms with Gasteiger partial charge in [-0.25, -0.2) is 4.79 Å². The number of hydrogen-bond donors (Lipinski definition) is 1. The minimum Gasteiger partial charge on any atom is -0.444 e. The molecule has 4 nitrogen and oxygen atoms in total. The zero-order valence-electron chi connectivity index (χ0n) is 13.5. The van der Waals surface area contributed by atoms with Gasteiger partial charge in [0, 0.05) is 19.1 Å². The Kier molecular flexibility index (Phi) is 6.29. The highest BCUT2D eigenvalue weighted by Crippen LogP contribution is 2.23. The first kappa shape index (κ1) is 17.8. The van der Waals surface area contributed by atoms with Crippen LogP contribution in [0.25, 0.3) is 0 Å². The van der Waals surface area contributed by atoms with Gasteiger partial charge in [0.05, 0.1) is 3.79 Å². The normalized spacial score (nSPS) is 18.7. The number of halogens is 1. The number of nitrogens with zero attached hydrogens (tertiary/aromatic N) is 1. The van der Waals surface area contributed by atoms with Crippen molar-refractivity contribution in [3.05, 3.63) is 20.8 Å². The smallest absolute Gasteiger partial charge is 0.410 e. The summed E-state index contributed by atoms with van der Waals surface area (Å²) < 4.78 is 6.66. The SMILES string of the molecule is CC(C)(C)OC(=O)N1CCCC1CCNCc1csc(Br)c1. The first-order valence-electron chi connectivity index (χ1n) is 7.78. The molecule has 1 saturated heterocycles. The highest BCUT2D eigenvalue weighted by Gasteiger charge is 2.31. The molecule has 1 aliphatic heterocycles. The minimum atomic E-state index is -0.422.